The zero-order chi connectivity index (χ0) is 14.6. The molecule has 0 aliphatic carbocycles. The average Bonchev–Trinajstić information content (AvgIpc) is 2.35. The number of hydrogen-bond acceptors (Lipinski definition) is 3. The molecule has 0 aromatic rings. The van der Waals surface area contributed by atoms with Crippen LogP contribution < -0.4 is 5.32 Å². The SMILES string of the molecule is CC(C)NCC1CCCCN1S(=O)(=O)N(C)C(C)C. The highest BCUT2D eigenvalue weighted by molar-refractivity contribution is 7.86. The van der Waals surface area contributed by atoms with Crippen molar-refractivity contribution in [3.05, 3.63) is 0 Å². The van der Waals surface area contributed by atoms with Crippen LogP contribution in [0.1, 0.15) is 47.0 Å². The van der Waals surface area contributed by atoms with Crippen molar-refractivity contribution >= 4 is 10.2 Å². The van der Waals surface area contributed by atoms with Gasteiger partial charge in [-0.3, -0.25) is 0 Å². The molecular weight excluding hydrogens is 262 g/mol. The highest BCUT2D eigenvalue weighted by Crippen LogP contribution is 2.22. The molecule has 19 heavy (non-hydrogen) atoms. The van der Waals surface area contributed by atoms with Gasteiger partial charge < -0.3 is 5.32 Å². The Hall–Kier alpha value is -0.170. The Kier molecular flexibility index (Phi) is 6.23. The molecule has 0 bridgehead atoms. The Bertz CT molecular complexity index is 368. The van der Waals surface area contributed by atoms with Crippen LogP contribution in [0.5, 0.6) is 0 Å². The second kappa shape index (κ2) is 7.02. The average molecular weight is 291 g/mol. The molecule has 1 aliphatic rings. The first-order valence-corrected chi connectivity index (χ1v) is 8.64. The number of rotatable bonds is 6. The van der Waals surface area contributed by atoms with E-state index < -0.39 is 10.2 Å². The lowest BCUT2D eigenvalue weighted by Crippen LogP contribution is -2.54. The van der Waals surface area contributed by atoms with Crippen molar-refractivity contribution in [2.24, 2.45) is 0 Å². The van der Waals surface area contributed by atoms with Crippen LogP contribution in [-0.4, -0.2) is 55.3 Å². The Labute approximate surface area is 118 Å². The van der Waals surface area contributed by atoms with E-state index in [0.29, 0.717) is 12.6 Å². The standard InChI is InChI=1S/C13H29N3O2S/c1-11(2)14-10-13-8-6-7-9-16(13)19(17,18)15(5)12(3)4/h11-14H,6-10H2,1-5H3. The molecule has 1 aliphatic heterocycles. The Balaban J connectivity index is 2.81. The van der Waals surface area contributed by atoms with Crippen molar-refractivity contribution in [1.29, 1.82) is 0 Å². The summed E-state index contributed by atoms with van der Waals surface area (Å²) in [7, 11) is -1.66. The van der Waals surface area contributed by atoms with E-state index in [-0.39, 0.29) is 12.1 Å². The lowest BCUT2D eigenvalue weighted by atomic mass is 10.0. The van der Waals surface area contributed by atoms with Crippen molar-refractivity contribution in [2.75, 3.05) is 20.1 Å². The molecule has 0 spiro atoms. The predicted octanol–water partition coefficient (Wildman–Crippen LogP) is 1.42. The summed E-state index contributed by atoms with van der Waals surface area (Å²) < 4.78 is 28.4. The monoisotopic (exact) mass is 291 g/mol. The van der Waals surface area contributed by atoms with E-state index in [1.165, 1.54) is 4.31 Å². The van der Waals surface area contributed by atoms with E-state index in [1.54, 1.807) is 11.4 Å². The van der Waals surface area contributed by atoms with Crippen LogP contribution in [0, 0.1) is 0 Å². The van der Waals surface area contributed by atoms with Crippen LogP contribution in [0.2, 0.25) is 0 Å². The van der Waals surface area contributed by atoms with Crippen LogP contribution >= 0.6 is 0 Å². The fourth-order valence-electron chi connectivity index (χ4n) is 2.29. The molecular formula is C13H29N3O2S. The summed E-state index contributed by atoms with van der Waals surface area (Å²) in [6.07, 6.45) is 3.02. The number of nitrogens with one attached hydrogen (secondary N) is 1. The lowest BCUT2D eigenvalue weighted by molar-refractivity contribution is 0.222. The molecule has 1 atom stereocenters. The van der Waals surface area contributed by atoms with E-state index >= 15 is 0 Å². The van der Waals surface area contributed by atoms with Crippen LogP contribution in [0.4, 0.5) is 0 Å². The largest absolute Gasteiger partial charge is 0.313 e. The summed E-state index contributed by atoms with van der Waals surface area (Å²) in [6, 6.07) is 0.460. The van der Waals surface area contributed by atoms with Crippen LogP contribution in [0.15, 0.2) is 0 Å². The molecule has 1 saturated heterocycles. The molecule has 1 heterocycles. The minimum Gasteiger partial charge on any atom is -0.313 e. The van der Waals surface area contributed by atoms with Crippen molar-refractivity contribution < 1.29 is 8.42 Å². The maximum atomic E-state index is 12.6. The molecule has 6 heteroatoms. The normalized spacial score (nSPS) is 22.6. The van der Waals surface area contributed by atoms with E-state index in [0.717, 1.165) is 25.8 Å². The first-order chi connectivity index (χ1) is 8.76. The molecule has 0 aromatic heterocycles. The second-order valence-corrected chi connectivity index (χ2v) is 7.88. The van der Waals surface area contributed by atoms with Crippen molar-refractivity contribution in [3.8, 4) is 0 Å². The van der Waals surface area contributed by atoms with Gasteiger partial charge in [-0.05, 0) is 26.7 Å². The lowest BCUT2D eigenvalue weighted by Gasteiger charge is -2.38. The molecule has 1 N–H and O–H groups in total. The number of piperidine rings is 1. The van der Waals surface area contributed by atoms with Gasteiger partial charge in [0, 0.05) is 38.3 Å². The second-order valence-electron chi connectivity index (χ2n) is 5.94. The fraction of sp³-hybridized carbons (Fsp3) is 1.00. The molecule has 0 aromatic carbocycles. The summed E-state index contributed by atoms with van der Waals surface area (Å²) in [4.78, 5) is 0. The van der Waals surface area contributed by atoms with Gasteiger partial charge in [0.1, 0.15) is 0 Å². The van der Waals surface area contributed by atoms with Crippen molar-refractivity contribution in [3.63, 3.8) is 0 Å². The third kappa shape index (κ3) is 4.41. The van der Waals surface area contributed by atoms with Gasteiger partial charge in [0.05, 0.1) is 0 Å². The van der Waals surface area contributed by atoms with Gasteiger partial charge in [-0.1, -0.05) is 20.3 Å². The molecule has 1 rings (SSSR count). The maximum Gasteiger partial charge on any atom is 0.282 e. The molecule has 1 fully saturated rings. The van der Waals surface area contributed by atoms with Gasteiger partial charge in [-0.15, -0.1) is 0 Å². The van der Waals surface area contributed by atoms with Gasteiger partial charge in [0.2, 0.25) is 0 Å². The zero-order valence-electron chi connectivity index (χ0n) is 12.9. The van der Waals surface area contributed by atoms with Gasteiger partial charge in [-0.25, -0.2) is 0 Å². The van der Waals surface area contributed by atoms with Crippen LogP contribution in [0.25, 0.3) is 0 Å². The molecule has 0 saturated carbocycles. The summed E-state index contributed by atoms with van der Waals surface area (Å²) >= 11 is 0. The van der Waals surface area contributed by atoms with Gasteiger partial charge >= 0.3 is 0 Å². The van der Waals surface area contributed by atoms with Crippen molar-refractivity contribution in [1.82, 2.24) is 13.9 Å². The van der Waals surface area contributed by atoms with Crippen LogP contribution in [-0.2, 0) is 10.2 Å². The van der Waals surface area contributed by atoms with Crippen LogP contribution in [0.3, 0.4) is 0 Å². The van der Waals surface area contributed by atoms with Gasteiger partial charge in [0.25, 0.3) is 10.2 Å². The number of hydrogen-bond donors (Lipinski definition) is 1. The summed E-state index contributed by atoms with van der Waals surface area (Å²) in [5, 5.41) is 3.36. The minimum absolute atomic E-state index is 0.00867. The third-order valence-electron chi connectivity index (χ3n) is 3.72. The number of nitrogens with zero attached hydrogens (tertiary/aromatic N) is 2. The van der Waals surface area contributed by atoms with E-state index in [9.17, 15) is 8.42 Å². The Morgan fingerprint density at radius 1 is 1.26 bits per heavy atom. The summed E-state index contributed by atoms with van der Waals surface area (Å²) in [6.45, 7) is 9.36. The van der Waals surface area contributed by atoms with E-state index in [4.69, 9.17) is 0 Å². The van der Waals surface area contributed by atoms with E-state index in [2.05, 4.69) is 19.2 Å². The molecule has 0 amide bonds. The van der Waals surface area contributed by atoms with Crippen molar-refractivity contribution in [2.45, 2.75) is 65.1 Å². The zero-order valence-corrected chi connectivity index (χ0v) is 13.7. The molecule has 0 radical (unpaired) electrons. The first kappa shape index (κ1) is 16.9. The highest BCUT2D eigenvalue weighted by atomic mass is 32.2. The minimum atomic E-state index is -3.33. The Morgan fingerprint density at radius 3 is 2.42 bits per heavy atom. The van der Waals surface area contributed by atoms with Gasteiger partial charge in [0.15, 0.2) is 0 Å². The molecule has 1 unspecified atom stereocenters. The summed E-state index contributed by atoms with van der Waals surface area (Å²) in [5.74, 6) is 0. The third-order valence-corrected chi connectivity index (χ3v) is 5.95. The molecule has 5 nitrogen and oxygen atoms in total. The maximum absolute atomic E-state index is 12.6. The van der Waals surface area contributed by atoms with Gasteiger partial charge in [-0.2, -0.15) is 17.0 Å². The van der Waals surface area contributed by atoms with E-state index in [1.807, 2.05) is 13.8 Å². The smallest absolute Gasteiger partial charge is 0.282 e. The predicted molar refractivity (Wildman–Crippen MR) is 79.3 cm³/mol. The fourth-order valence-corrected chi connectivity index (χ4v) is 4.07. The summed E-state index contributed by atoms with van der Waals surface area (Å²) in [5.41, 5.74) is 0. The quantitative estimate of drug-likeness (QED) is 0.805. The topological polar surface area (TPSA) is 52.7 Å². The first-order valence-electron chi connectivity index (χ1n) is 7.25. The Morgan fingerprint density at radius 2 is 1.89 bits per heavy atom. The highest BCUT2D eigenvalue weighted by Gasteiger charge is 2.35. The molecule has 114 valence electrons.